The Balaban J connectivity index is 3.78. The lowest BCUT2D eigenvalue weighted by Crippen LogP contribution is -2.20. The predicted octanol–water partition coefficient (Wildman–Crippen LogP) is 0.968. The van der Waals surface area contributed by atoms with E-state index in [4.69, 9.17) is 0 Å². The topological polar surface area (TPSA) is 57.2 Å². The van der Waals surface area contributed by atoms with Gasteiger partial charge < -0.3 is 4.55 Å². The average molecular weight is 226 g/mol. The quantitative estimate of drug-likeness (QED) is 0.634. The van der Waals surface area contributed by atoms with E-state index in [1.165, 1.54) is 0 Å². The van der Waals surface area contributed by atoms with Gasteiger partial charge in [-0.2, -0.15) is 0 Å². The van der Waals surface area contributed by atoms with E-state index in [2.05, 4.69) is 0 Å². The second-order valence-corrected chi connectivity index (χ2v) is 7.74. The Morgan fingerprint density at radius 3 is 2.31 bits per heavy atom. The molecule has 0 radical (unpaired) electrons. The van der Waals surface area contributed by atoms with Gasteiger partial charge in [0.1, 0.15) is 11.5 Å². The summed E-state index contributed by atoms with van der Waals surface area (Å²) in [6.45, 7) is 5.19. The molecule has 0 aliphatic rings. The number of hydrogen-bond donors (Lipinski definition) is 0. The fourth-order valence-corrected chi connectivity index (χ4v) is 2.76. The van der Waals surface area contributed by atoms with Crippen LogP contribution in [-0.4, -0.2) is 35.5 Å². The second kappa shape index (κ2) is 5.88. The largest absolute Gasteiger partial charge is 0.616 e. The average Bonchev–Trinajstić information content (AvgIpc) is 2.03. The van der Waals surface area contributed by atoms with Crippen LogP contribution >= 0.6 is 0 Å². The summed E-state index contributed by atoms with van der Waals surface area (Å²) in [5.74, 6) is 1.28. The molecule has 0 fully saturated rings. The number of rotatable bonds is 6. The van der Waals surface area contributed by atoms with Crippen molar-refractivity contribution in [2.75, 3.05) is 17.3 Å². The summed E-state index contributed by atoms with van der Waals surface area (Å²) in [6.07, 6.45) is 0.515. The van der Waals surface area contributed by atoms with Crippen LogP contribution in [-0.2, 0) is 21.0 Å². The van der Waals surface area contributed by atoms with Gasteiger partial charge in [-0.05, 0) is 20.8 Å². The normalized spacial score (nSPS) is 14.8. The predicted molar refractivity (Wildman–Crippen MR) is 57.1 cm³/mol. The Kier molecular flexibility index (Phi) is 6.00. The van der Waals surface area contributed by atoms with E-state index >= 15 is 0 Å². The maximum atomic E-state index is 11.3. The van der Waals surface area contributed by atoms with Gasteiger partial charge >= 0.3 is 0 Å². The summed E-state index contributed by atoms with van der Waals surface area (Å²) in [5, 5.41) is -0.317. The van der Waals surface area contributed by atoms with E-state index in [1.807, 2.05) is 6.92 Å². The molecule has 0 aromatic rings. The molecule has 1 atom stereocenters. The SMILES string of the molecule is CC[S+]([O-])CCCS(=O)(=O)C(C)C. The van der Waals surface area contributed by atoms with Crippen molar-refractivity contribution in [3.05, 3.63) is 0 Å². The van der Waals surface area contributed by atoms with Crippen molar-refractivity contribution in [1.29, 1.82) is 0 Å². The molecule has 0 saturated carbocycles. The van der Waals surface area contributed by atoms with Gasteiger partial charge in [-0.1, -0.05) is 11.2 Å². The number of sulfone groups is 1. The molecule has 3 nitrogen and oxygen atoms in total. The van der Waals surface area contributed by atoms with Gasteiger partial charge in [0.2, 0.25) is 0 Å². The van der Waals surface area contributed by atoms with Crippen molar-refractivity contribution in [3.8, 4) is 0 Å². The molecule has 0 rings (SSSR count). The lowest BCUT2D eigenvalue weighted by molar-refractivity contribution is 0.583. The van der Waals surface area contributed by atoms with Crippen molar-refractivity contribution >= 4 is 21.0 Å². The molecule has 0 bridgehead atoms. The van der Waals surface area contributed by atoms with Crippen LogP contribution in [0.25, 0.3) is 0 Å². The van der Waals surface area contributed by atoms with E-state index < -0.39 is 21.0 Å². The highest BCUT2D eigenvalue weighted by Gasteiger charge is 2.16. The van der Waals surface area contributed by atoms with Gasteiger partial charge in [-0.3, -0.25) is 0 Å². The van der Waals surface area contributed by atoms with E-state index in [0.717, 1.165) is 0 Å². The first-order valence-corrected chi connectivity index (χ1v) is 7.67. The fourth-order valence-electron chi connectivity index (χ4n) is 0.801. The monoisotopic (exact) mass is 226 g/mol. The van der Waals surface area contributed by atoms with Crippen molar-refractivity contribution in [2.45, 2.75) is 32.4 Å². The van der Waals surface area contributed by atoms with Gasteiger partial charge in [-0.25, -0.2) is 8.42 Å². The van der Waals surface area contributed by atoms with Crippen LogP contribution in [0.4, 0.5) is 0 Å². The van der Waals surface area contributed by atoms with Gasteiger partial charge in [0, 0.05) is 6.42 Å². The minimum absolute atomic E-state index is 0.163. The first-order valence-electron chi connectivity index (χ1n) is 4.46. The van der Waals surface area contributed by atoms with Gasteiger partial charge in [-0.15, -0.1) is 0 Å². The first kappa shape index (κ1) is 13.3. The smallest absolute Gasteiger partial charge is 0.152 e. The Morgan fingerprint density at radius 2 is 1.92 bits per heavy atom. The molecule has 5 heteroatoms. The van der Waals surface area contributed by atoms with E-state index in [-0.39, 0.29) is 11.0 Å². The summed E-state index contributed by atoms with van der Waals surface area (Å²) in [6, 6.07) is 0. The number of hydrogen-bond acceptors (Lipinski definition) is 3. The molecule has 0 heterocycles. The molecule has 0 amide bonds. The zero-order valence-electron chi connectivity index (χ0n) is 8.45. The standard InChI is InChI=1S/C8H18O3S2/c1-4-12(9)6-5-7-13(10,11)8(2)3/h8H,4-7H2,1-3H3. The van der Waals surface area contributed by atoms with Crippen LogP contribution in [0.3, 0.4) is 0 Å². The molecule has 0 aliphatic heterocycles. The summed E-state index contributed by atoms with van der Waals surface area (Å²) in [5.41, 5.74) is 0. The maximum absolute atomic E-state index is 11.3. The van der Waals surface area contributed by atoms with Crippen LogP contribution in [0.15, 0.2) is 0 Å². The van der Waals surface area contributed by atoms with Gasteiger partial charge in [0.15, 0.2) is 9.84 Å². The summed E-state index contributed by atoms with van der Waals surface area (Å²) in [4.78, 5) is 0. The molecule has 0 spiro atoms. The zero-order chi connectivity index (χ0) is 10.5. The molecule has 0 aromatic carbocycles. The first-order chi connectivity index (χ1) is 5.90. The minimum atomic E-state index is -2.94. The third-order valence-corrected chi connectivity index (χ3v) is 5.52. The highest BCUT2D eigenvalue weighted by molar-refractivity contribution is 7.92. The molecule has 0 N–H and O–H groups in total. The van der Waals surface area contributed by atoms with Crippen molar-refractivity contribution in [2.24, 2.45) is 0 Å². The van der Waals surface area contributed by atoms with Crippen molar-refractivity contribution in [3.63, 3.8) is 0 Å². The van der Waals surface area contributed by atoms with Crippen LogP contribution in [0.5, 0.6) is 0 Å². The molecule has 0 saturated heterocycles. The molecule has 13 heavy (non-hydrogen) atoms. The highest BCUT2D eigenvalue weighted by Crippen LogP contribution is 2.04. The van der Waals surface area contributed by atoms with E-state index in [1.54, 1.807) is 13.8 Å². The molecule has 1 unspecified atom stereocenters. The molecule has 80 valence electrons. The Morgan fingerprint density at radius 1 is 1.38 bits per heavy atom. The van der Waals surface area contributed by atoms with E-state index in [0.29, 0.717) is 17.9 Å². The van der Waals surface area contributed by atoms with Crippen molar-refractivity contribution in [1.82, 2.24) is 0 Å². The second-order valence-electron chi connectivity index (χ2n) is 3.20. The maximum Gasteiger partial charge on any atom is 0.152 e. The van der Waals surface area contributed by atoms with Crippen molar-refractivity contribution < 1.29 is 13.0 Å². The molecular weight excluding hydrogens is 208 g/mol. The Labute approximate surface area is 84.0 Å². The summed E-state index contributed by atoms with van der Waals surface area (Å²) >= 11 is -0.839. The van der Waals surface area contributed by atoms with E-state index in [9.17, 15) is 13.0 Å². The van der Waals surface area contributed by atoms with Crippen LogP contribution in [0.2, 0.25) is 0 Å². The molecule has 0 aliphatic carbocycles. The van der Waals surface area contributed by atoms with Gasteiger partial charge in [0.25, 0.3) is 0 Å². The minimum Gasteiger partial charge on any atom is -0.616 e. The van der Waals surface area contributed by atoms with Crippen LogP contribution in [0.1, 0.15) is 27.2 Å². The summed E-state index contributed by atoms with van der Waals surface area (Å²) < 4.78 is 33.6. The Bertz CT molecular complexity index is 222. The third-order valence-electron chi connectivity index (χ3n) is 1.84. The van der Waals surface area contributed by atoms with Crippen LogP contribution in [0, 0.1) is 0 Å². The molecular formula is C8H18O3S2. The fraction of sp³-hybridized carbons (Fsp3) is 1.00. The molecule has 0 aromatic heterocycles. The van der Waals surface area contributed by atoms with Gasteiger partial charge in [0.05, 0.1) is 11.0 Å². The van der Waals surface area contributed by atoms with Crippen LogP contribution < -0.4 is 0 Å². The summed E-state index contributed by atoms with van der Waals surface area (Å²) in [7, 11) is -2.94. The highest BCUT2D eigenvalue weighted by atomic mass is 32.2. The zero-order valence-corrected chi connectivity index (χ0v) is 10.1. The Hall–Kier alpha value is 0.260. The third kappa shape index (κ3) is 5.54. The lowest BCUT2D eigenvalue weighted by atomic mass is 10.6. The lowest BCUT2D eigenvalue weighted by Gasteiger charge is -2.09.